The largest absolute Gasteiger partial charge is 0.493 e. The molecule has 1 atom stereocenters. The minimum absolute atomic E-state index is 0.0272. The molecule has 140 valence electrons. The average Bonchev–Trinajstić information content (AvgIpc) is 2.62. The van der Waals surface area contributed by atoms with E-state index in [1.54, 1.807) is 6.92 Å². The third-order valence-corrected chi connectivity index (χ3v) is 3.50. The number of carbonyl (C=O) groups is 2. The third kappa shape index (κ3) is 5.53. The molecule has 1 amide bonds. The van der Waals surface area contributed by atoms with E-state index < -0.39 is 12.1 Å². The highest BCUT2D eigenvalue weighted by Gasteiger charge is 2.22. The van der Waals surface area contributed by atoms with Gasteiger partial charge in [0.15, 0.2) is 11.5 Å². The van der Waals surface area contributed by atoms with Crippen LogP contribution in [0.3, 0.4) is 0 Å². The number of aliphatic hydroxyl groups excluding tert-OH is 1. The fourth-order valence-corrected chi connectivity index (χ4v) is 2.31. The zero-order chi connectivity index (χ0) is 19.0. The Morgan fingerprint density at radius 2 is 1.64 bits per heavy atom. The van der Waals surface area contributed by atoms with Crippen LogP contribution in [0, 0.1) is 0 Å². The Balaban J connectivity index is 3.15. The van der Waals surface area contributed by atoms with Gasteiger partial charge in [0.2, 0.25) is 5.75 Å². The molecule has 0 radical (unpaired) electrons. The van der Waals surface area contributed by atoms with Crippen molar-refractivity contribution in [1.82, 2.24) is 4.90 Å². The van der Waals surface area contributed by atoms with E-state index in [-0.39, 0.29) is 25.4 Å². The number of hydrogen-bond donors (Lipinski definition) is 1. The van der Waals surface area contributed by atoms with E-state index in [9.17, 15) is 14.7 Å². The first-order valence-corrected chi connectivity index (χ1v) is 7.72. The number of rotatable bonds is 9. The summed E-state index contributed by atoms with van der Waals surface area (Å²) in [6, 6.07) is 3.05. The second-order valence-corrected chi connectivity index (χ2v) is 5.34. The lowest BCUT2D eigenvalue weighted by Gasteiger charge is -2.24. The number of benzene rings is 1. The molecule has 1 rings (SSSR count). The summed E-state index contributed by atoms with van der Waals surface area (Å²) in [5.41, 5.74) is 0.292. The van der Waals surface area contributed by atoms with Crippen LogP contribution >= 0.6 is 0 Å². The van der Waals surface area contributed by atoms with E-state index in [4.69, 9.17) is 14.2 Å². The Morgan fingerprint density at radius 3 is 2.04 bits per heavy atom. The summed E-state index contributed by atoms with van der Waals surface area (Å²) in [6.45, 7) is 1.76. The zero-order valence-corrected chi connectivity index (χ0v) is 15.2. The van der Waals surface area contributed by atoms with Gasteiger partial charge in [-0.2, -0.15) is 0 Å². The first kappa shape index (κ1) is 20.6. The van der Waals surface area contributed by atoms with Gasteiger partial charge in [0.1, 0.15) is 0 Å². The molecule has 8 nitrogen and oxygen atoms in total. The highest BCUT2D eigenvalue weighted by atomic mass is 16.5. The molecular formula is C17H25NO7. The van der Waals surface area contributed by atoms with Gasteiger partial charge >= 0.3 is 5.97 Å². The van der Waals surface area contributed by atoms with Gasteiger partial charge in [-0.1, -0.05) is 0 Å². The number of ether oxygens (including phenoxy) is 4. The summed E-state index contributed by atoms with van der Waals surface area (Å²) < 4.78 is 20.3. The first-order chi connectivity index (χ1) is 11.9. The maximum absolute atomic E-state index is 12.8. The normalized spacial score (nSPS) is 11.4. The topological polar surface area (TPSA) is 94.5 Å². The third-order valence-electron chi connectivity index (χ3n) is 3.50. The van der Waals surface area contributed by atoms with Crippen molar-refractivity contribution in [1.29, 1.82) is 0 Å². The van der Waals surface area contributed by atoms with Crippen LogP contribution in [0.1, 0.15) is 23.7 Å². The predicted molar refractivity (Wildman–Crippen MR) is 90.3 cm³/mol. The highest BCUT2D eigenvalue weighted by molar-refractivity contribution is 5.96. The van der Waals surface area contributed by atoms with E-state index >= 15 is 0 Å². The van der Waals surface area contributed by atoms with Gasteiger partial charge < -0.3 is 29.0 Å². The molecule has 0 bridgehead atoms. The summed E-state index contributed by atoms with van der Waals surface area (Å²) in [4.78, 5) is 25.6. The molecule has 1 aromatic rings. The molecule has 1 unspecified atom stereocenters. The van der Waals surface area contributed by atoms with E-state index in [2.05, 4.69) is 4.74 Å². The Labute approximate surface area is 147 Å². The maximum Gasteiger partial charge on any atom is 0.307 e. The van der Waals surface area contributed by atoms with Crippen LogP contribution < -0.4 is 14.2 Å². The van der Waals surface area contributed by atoms with Crippen LogP contribution in [0.5, 0.6) is 17.2 Å². The number of esters is 1. The molecular weight excluding hydrogens is 330 g/mol. The van der Waals surface area contributed by atoms with Crippen molar-refractivity contribution in [2.45, 2.75) is 19.4 Å². The monoisotopic (exact) mass is 355 g/mol. The van der Waals surface area contributed by atoms with Crippen LogP contribution in [-0.4, -0.2) is 69.5 Å². The lowest BCUT2D eigenvalue weighted by Crippen LogP contribution is -2.38. The van der Waals surface area contributed by atoms with Crippen molar-refractivity contribution in [2.75, 3.05) is 41.5 Å². The SMILES string of the molecule is COC(=O)CCN(CC(C)O)C(=O)c1cc(OC)c(OC)c(OC)c1. The summed E-state index contributed by atoms with van der Waals surface area (Å²) in [6.07, 6.45) is -0.719. The molecule has 0 heterocycles. The Kier molecular flexibility index (Phi) is 8.00. The minimum atomic E-state index is -0.747. The second-order valence-electron chi connectivity index (χ2n) is 5.34. The van der Waals surface area contributed by atoms with E-state index in [1.807, 2.05) is 0 Å². The van der Waals surface area contributed by atoms with E-state index in [1.165, 1.54) is 45.5 Å². The van der Waals surface area contributed by atoms with Gasteiger partial charge in [-0.15, -0.1) is 0 Å². The fraction of sp³-hybridized carbons (Fsp3) is 0.529. The second kappa shape index (κ2) is 9.73. The summed E-state index contributed by atoms with van der Waals surface area (Å²) in [5.74, 6) is 0.251. The molecule has 0 aliphatic carbocycles. The van der Waals surface area contributed by atoms with E-state index in [0.717, 1.165) is 0 Å². The molecule has 0 spiro atoms. The van der Waals surface area contributed by atoms with E-state index in [0.29, 0.717) is 22.8 Å². The molecule has 0 fully saturated rings. The number of hydrogen-bond acceptors (Lipinski definition) is 7. The predicted octanol–water partition coefficient (Wildman–Crippen LogP) is 1.10. The van der Waals surface area contributed by atoms with Crippen molar-refractivity contribution >= 4 is 11.9 Å². The van der Waals surface area contributed by atoms with Gasteiger partial charge in [0.25, 0.3) is 5.91 Å². The van der Waals surface area contributed by atoms with Gasteiger partial charge in [-0.3, -0.25) is 9.59 Å². The molecule has 0 aromatic heterocycles. The smallest absolute Gasteiger partial charge is 0.307 e. The number of amides is 1. The van der Waals surface area contributed by atoms with Crippen molar-refractivity contribution < 1.29 is 33.6 Å². The lowest BCUT2D eigenvalue weighted by atomic mass is 10.1. The standard InChI is InChI=1S/C17H25NO7/c1-11(19)10-18(7-6-15(20)24-4)17(21)12-8-13(22-2)16(25-5)14(9-12)23-3/h8-9,11,19H,6-7,10H2,1-5H3. The molecule has 0 aliphatic rings. The molecule has 0 saturated carbocycles. The number of nitrogens with zero attached hydrogens (tertiary/aromatic N) is 1. The summed E-state index contributed by atoms with van der Waals surface area (Å²) >= 11 is 0. The quantitative estimate of drug-likeness (QED) is 0.663. The van der Waals surface area contributed by atoms with Crippen molar-refractivity contribution in [2.24, 2.45) is 0 Å². The molecule has 25 heavy (non-hydrogen) atoms. The van der Waals surface area contributed by atoms with Crippen LogP contribution in [0.25, 0.3) is 0 Å². The molecule has 1 N–H and O–H groups in total. The Morgan fingerprint density at radius 1 is 1.08 bits per heavy atom. The van der Waals surface area contributed by atoms with Crippen LogP contribution in [-0.2, 0) is 9.53 Å². The fourth-order valence-electron chi connectivity index (χ4n) is 2.31. The first-order valence-electron chi connectivity index (χ1n) is 7.72. The van der Waals surface area contributed by atoms with Gasteiger partial charge in [0, 0.05) is 18.7 Å². The molecule has 0 saturated heterocycles. The van der Waals surface area contributed by atoms with Gasteiger partial charge in [-0.05, 0) is 19.1 Å². The number of carbonyl (C=O) groups excluding carboxylic acids is 2. The molecule has 0 aliphatic heterocycles. The summed E-state index contributed by atoms with van der Waals surface area (Å²) in [7, 11) is 5.66. The highest BCUT2D eigenvalue weighted by Crippen LogP contribution is 2.38. The van der Waals surface area contributed by atoms with Crippen molar-refractivity contribution in [3.8, 4) is 17.2 Å². The van der Waals surface area contributed by atoms with Gasteiger partial charge in [-0.25, -0.2) is 0 Å². The van der Waals surface area contributed by atoms with Crippen molar-refractivity contribution in [3.05, 3.63) is 17.7 Å². The van der Waals surface area contributed by atoms with Gasteiger partial charge in [0.05, 0.1) is 41.0 Å². The minimum Gasteiger partial charge on any atom is -0.493 e. The maximum atomic E-state index is 12.8. The van der Waals surface area contributed by atoms with Crippen LogP contribution in [0.4, 0.5) is 0 Å². The Hall–Kier alpha value is -2.48. The Bertz CT molecular complexity index is 576. The number of methoxy groups -OCH3 is 4. The van der Waals surface area contributed by atoms with Crippen LogP contribution in [0.2, 0.25) is 0 Å². The molecule has 1 aromatic carbocycles. The molecule has 8 heteroatoms. The van der Waals surface area contributed by atoms with Crippen LogP contribution in [0.15, 0.2) is 12.1 Å². The zero-order valence-electron chi connectivity index (χ0n) is 15.2. The lowest BCUT2D eigenvalue weighted by molar-refractivity contribution is -0.140. The average molecular weight is 355 g/mol. The number of aliphatic hydroxyl groups is 1. The summed E-state index contributed by atoms with van der Waals surface area (Å²) in [5, 5.41) is 9.65. The van der Waals surface area contributed by atoms with Crippen molar-refractivity contribution in [3.63, 3.8) is 0 Å².